The average Bonchev–Trinajstić information content (AvgIpc) is 2.48. The van der Waals surface area contributed by atoms with E-state index >= 15 is 0 Å². The molecule has 3 heteroatoms. The molecule has 0 aliphatic heterocycles. The Morgan fingerprint density at radius 3 is 2.35 bits per heavy atom. The van der Waals surface area contributed by atoms with Crippen LogP contribution in [0.4, 0.5) is 0 Å². The van der Waals surface area contributed by atoms with E-state index in [-0.39, 0.29) is 0 Å². The van der Waals surface area contributed by atoms with Crippen LogP contribution in [-0.4, -0.2) is 18.3 Å². The maximum absolute atomic E-state index is 6.08. The second-order valence-corrected chi connectivity index (χ2v) is 5.44. The molecule has 1 N–H and O–H groups in total. The van der Waals surface area contributed by atoms with Gasteiger partial charge in [0.05, 0.1) is 12.8 Å². The minimum Gasteiger partial charge on any atom is -0.495 e. The summed E-state index contributed by atoms with van der Waals surface area (Å²) >= 11 is 0. The third kappa shape index (κ3) is 4.62. The van der Waals surface area contributed by atoms with Crippen LogP contribution >= 0.6 is 0 Å². The topological polar surface area (TPSA) is 46.0 Å². The Labute approximate surface area is 123 Å². The Morgan fingerprint density at radius 1 is 1.30 bits per heavy atom. The normalized spacial score (nSPS) is 21.6. The first kappa shape index (κ1) is 16.7. The van der Waals surface area contributed by atoms with Crippen molar-refractivity contribution in [1.29, 1.82) is 5.41 Å². The maximum atomic E-state index is 6.08. The smallest absolute Gasteiger partial charge is 0.140 e. The van der Waals surface area contributed by atoms with Gasteiger partial charge in [0.1, 0.15) is 5.75 Å². The van der Waals surface area contributed by atoms with Gasteiger partial charge in [0.15, 0.2) is 0 Å². The number of hydrogen-bond donors (Lipinski definition) is 1. The predicted octanol–water partition coefficient (Wildman–Crippen LogP) is 4.74. The molecule has 1 heterocycles. The summed E-state index contributed by atoms with van der Waals surface area (Å²) in [5.74, 6) is 2.52. The highest BCUT2D eigenvalue weighted by atomic mass is 16.5. The zero-order valence-electron chi connectivity index (χ0n) is 13.3. The fraction of sp³-hybridized carbons (Fsp3) is 0.647. The number of nitrogens with zero attached hydrogens (tertiary/aromatic N) is 1. The molecule has 1 aromatic rings. The van der Waals surface area contributed by atoms with Gasteiger partial charge in [-0.25, -0.2) is 0 Å². The monoisotopic (exact) mass is 276 g/mol. The molecule has 0 unspecified atom stereocenters. The average molecular weight is 276 g/mol. The molecule has 0 atom stereocenters. The fourth-order valence-electron chi connectivity index (χ4n) is 2.88. The number of hydrogen-bond acceptors (Lipinski definition) is 3. The predicted molar refractivity (Wildman–Crippen MR) is 85.0 cm³/mol. The van der Waals surface area contributed by atoms with Crippen molar-refractivity contribution in [3.05, 3.63) is 23.5 Å². The lowest BCUT2D eigenvalue weighted by Crippen LogP contribution is -2.14. The fourth-order valence-corrected chi connectivity index (χ4v) is 2.88. The molecule has 2 rings (SSSR count). The van der Waals surface area contributed by atoms with Gasteiger partial charge in [0, 0.05) is 11.6 Å². The van der Waals surface area contributed by atoms with E-state index in [1.807, 2.05) is 6.92 Å². The summed E-state index contributed by atoms with van der Waals surface area (Å²) < 4.78 is 5.26. The second kappa shape index (κ2) is 8.72. The quantitative estimate of drug-likeness (QED) is 0.811. The first-order valence-electron chi connectivity index (χ1n) is 7.62. The molecule has 1 aromatic heterocycles. The molecule has 3 nitrogen and oxygen atoms in total. The number of ether oxygens (including phenoxy) is 1. The van der Waals surface area contributed by atoms with E-state index in [1.165, 1.54) is 44.0 Å². The Balaban J connectivity index is 0.000000612. The number of methoxy groups -OCH3 is 1. The van der Waals surface area contributed by atoms with E-state index in [0.717, 1.165) is 17.4 Å². The van der Waals surface area contributed by atoms with Crippen LogP contribution in [0.25, 0.3) is 0 Å². The molecule has 0 bridgehead atoms. The summed E-state index contributed by atoms with van der Waals surface area (Å²) in [7, 11) is 1.70. The van der Waals surface area contributed by atoms with Gasteiger partial charge in [-0.05, 0) is 63.8 Å². The molecule has 112 valence electrons. The molecule has 1 aliphatic carbocycles. The van der Waals surface area contributed by atoms with Crippen molar-refractivity contribution in [3.63, 3.8) is 0 Å². The van der Waals surface area contributed by atoms with E-state index in [0.29, 0.717) is 5.92 Å². The van der Waals surface area contributed by atoms with E-state index in [4.69, 9.17) is 15.1 Å². The molecule has 1 fully saturated rings. The van der Waals surface area contributed by atoms with Crippen molar-refractivity contribution in [1.82, 2.24) is 4.98 Å². The van der Waals surface area contributed by atoms with Crippen LogP contribution < -0.4 is 4.74 Å². The summed E-state index contributed by atoms with van der Waals surface area (Å²) in [5, 5.41) is 6.08. The molecule has 1 saturated carbocycles. The van der Waals surface area contributed by atoms with Gasteiger partial charge in [0.2, 0.25) is 0 Å². The second-order valence-electron chi connectivity index (χ2n) is 5.44. The Morgan fingerprint density at radius 2 is 1.90 bits per heavy atom. The van der Waals surface area contributed by atoms with E-state index < -0.39 is 0 Å². The van der Waals surface area contributed by atoms with Crippen LogP contribution in [-0.2, 0) is 0 Å². The summed E-state index contributed by atoms with van der Waals surface area (Å²) in [6.45, 7) is 6.00. The standard InChI is InChI=1S/C15H23NO.C2H5N/c1-4-12-5-7-13(8-6-12)14-9-10-15(17-3)11(2)16-14;1-2-3/h9-10,12-13H,4-8H2,1-3H3;2-3H,1H3. The number of aryl methyl sites for hydroxylation is 1. The summed E-state index contributed by atoms with van der Waals surface area (Å²) in [6.07, 6.45) is 7.93. The van der Waals surface area contributed by atoms with E-state index in [9.17, 15) is 0 Å². The Kier molecular flexibility index (Phi) is 7.27. The first-order chi connectivity index (χ1) is 9.65. The van der Waals surface area contributed by atoms with Gasteiger partial charge in [-0.15, -0.1) is 0 Å². The summed E-state index contributed by atoms with van der Waals surface area (Å²) in [6, 6.07) is 4.20. The maximum Gasteiger partial charge on any atom is 0.140 e. The van der Waals surface area contributed by atoms with Crippen molar-refractivity contribution in [2.24, 2.45) is 5.92 Å². The highest BCUT2D eigenvalue weighted by molar-refractivity contribution is 5.48. The minimum atomic E-state index is 0.669. The van der Waals surface area contributed by atoms with Crippen LogP contribution in [0.2, 0.25) is 0 Å². The van der Waals surface area contributed by atoms with Gasteiger partial charge in [0.25, 0.3) is 0 Å². The number of pyridine rings is 1. The molecule has 1 aliphatic rings. The molecule has 0 saturated heterocycles. The third-order valence-electron chi connectivity index (χ3n) is 4.12. The molecule has 0 aromatic carbocycles. The van der Waals surface area contributed by atoms with Crippen LogP contribution in [0.15, 0.2) is 12.1 Å². The highest BCUT2D eigenvalue weighted by Crippen LogP contribution is 2.36. The zero-order chi connectivity index (χ0) is 15.0. The SMILES string of the molecule is CC=N.CCC1CCC(c2ccc(OC)c(C)n2)CC1. The molecular weight excluding hydrogens is 248 g/mol. The van der Waals surface area contributed by atoms with E-state index in [1.54, 1.807) is 14.0 Å². The lowest BCUT2D eigenvalue weighted by Gasteiger charge is -2.27. The lowest BCUT2D eigenvalue weighted by molar-refractivity contribution is 0.315. The summed E-state index contributed by atoms with van der Waals surface area (Å²) in [4.78, 5) is 4.69. The largest absolute Gasteiger partial charge is 0.495 e. The Hall–Kier alpha value is -1.38. The first-order valence-corrected chi connectivity index (χ1v) is 7.62. The van der Waals surface area contributed by atoms with Crippen LogP contribution in [0.3, 0.4) is 0 Å². The minimum absolute atomic E-state index is 0.669. The van der Waals surface area contributed by atoms with Gasteiger partial charge >= 0.3 is 0 Å². The number of aromatic nitrogens is 1. The van der Waals surface area contributed by atoms with Gasteiger partial charge in [-0.2, -0.15) is 0 Å². The van der Waals surface area contributed by atoms with Gasteiger partial charge < -0.3 is 10.1 Å². The van der Waals surface area contributed by atoms with E-state index in [2.05, 4.69) is 19.1 Å². The third-order valence-corrected chi connectivity index (χ3v) is 4.12. The zero-order valence-corrected chi connectivity index (χ0v) is 13.3. The molecule has 0 spiro atoms. The highest BCUT2D eigenvalue weighted by Gasteiger charge is 2.22. The van der Waals surface area contributed by atoms with Crippen LogP contribution in [0.5, 0.6) is 5.75 Å². The van der Waals surface area contributed by atoms with Crippen molar-refractivity contribution in [2.75, 3.05) is 7.11 Å². The molecule has 20 heavy (non-hydrogen) atoms. The number of nitrogens with one attached hydrogen (secondary N) is 1. The van der Waals surface area contributed by atoms with Crippen molar-refractivity contribution in [3.8, 4) is 5.75 Å². The molecule has 0 radical (unpaired) electrons. The van der Waals surface area contributed by atoms with Crippen LogP contribution in [0.1, 0.15) is 63.3 Å². The van der Waals surface area contributed by atoms with Crippen molar-refractivity contribution in [2.45, 2.75) is 58.8 Å². The Bertz CT molecular complexity index is 409. The lowest BCUT2D eigenvalue weighted by atomic mass is 9.79. The van der Waals surface area contributed by atoms with Crippen molar-refractivity contribution < 1.29 is 4.74 Å². The summed E-state index contributed by atoms with van der Waals surface area (Å²) in [5.41, 5.74) is 2.28. The van der Waals surface area contributed by atoms with Crippen molar-refractivity contribution >= 4 is 6.21 Å². The van der Waals surface area contributed by atoms with Gasteiger partial charge in [-0.3, -0.25) is 4.98 Å². The van der Waals surface area contributed by atoms with Gasteiger partial charge in [-0.1, -0.05) is 13.3 Å². The van der Waals surface area contributed by atoms with Crippen LogP contribution in [0, 0.1) is 18.3 Å². The number of rotatable bonds is 3. The molecule has 0 amide bonds. The molecular formula is C17H28N2O.